The summed E-state index contributed by atoms with van der Waals surface area (Å²) in [5.74, 6) is 2.01. The Hall–Kier alpha value is -0.440. The minimum Gasteiger partial charge on any atom is -0.335 e. The molecule has 0 radical (unpaired) electrons. The molecule has 0 spiro atoms. The van der Waals surface area contributed by atoms with Crippen LogP contribution in [-0.4, -0.2) is 9.55 Å². The lowest BCUT2D eigenvalue weighted by molar-refractivity contribution is 0.522. The number of nitrogens with zero attached hydrogens (tertiary/aromatic N) is 2. The first-order chi connectivity index (χ1) is 5.40. The second-order valence-corrected chi connectivity index (χ2v) is 3.27. The van der Waals surface area contributed by atoms with Gasteiger partial charge in [0.15, 0.2) is 0 Å². The van der Waals surface area contributed by atoms with Crippen LogP contribution in [0.4, 0.5) is 0 Å². The maximum Gasteiger partial charge on any atom is 0.108 e. The number of rotatable bonds is 1. The van der Waals surface area contributed by atoms with Gasteiger partial charge in [-0.15, -0.1) is 0 Å². The van der Waals surface area contributed by atoms with Crippen molar-refractivity contribution in [2.75, 3.05) is 0 Å². The van der Waals surface area contributed by atoms with Crippen molar-refractivity contribution in [1.29, 1.82) is 0 Å². The van der Waals surface area contributed by atoms with Crippen molar-refractivity contribution in [2.45, 2.75) is 31.6 Å². The Morgan fingerprint density at radius 1 is 1.55 bits per heavy atom. The summed E-state index contributed by atoms with van der Waals surface area (Å²) in [5, 5.41) is 0. The van der Waals surface area contributed by atoms with Crippen LogP contribution >= 0.6 is 12.6 Å². The van der Waals surface area contributed by atoms with Gasteiger partial charge in [-0.1, -0.05) is 0 Å². The molecular formula is C8H12N2S. The Morgan fingerprint density at radius 3 is 3.18 bits per heavy atom. The molecule has 2 rings (SSSR count). The van der Waals surface area contributed by atoms with Crippen LogP contribution in [-0.2, 0) is 18.7 Å². The second kappa shape index (κ2) is 2.89. The third-order valence-corrected chi connectivity index (χ3v) is 2.44. The van der Waals surface area contributed by atoms with E-state index in [1.807, 2.05) is 0 Å². The van der Waals surface area contributed by atoms with Gasteiger partial charge in [0.25, 0.3) is 0 Å². The number of hydrogen-bond donors (Lipinski definition) is 1. The Balaban J connectivity index is 2.32. The van der Waals surface area contributed by atoms with Crippen molar-refractivity contribution in [1.82, 2.24) is 9.55 Å². The van der Waals surface area contributed by atoms with Crippen LogP contribution in [0.1, 0.15) is 24.4 Å². The molecule has 0 unspecified atom stereocenters. The van der Waals surface area contributed by atoms with Crippen molar-refractivity contribution in [2.24, 2.45) is 0 Å². The molecule has 0 saturated carbocycles. The summed E-state index contributed by atoms with van der Waals surface area (Å²) in [6.45, 7) is 1.15. The van der Waals surface area contributed by atoms with Crippen LogP contribution in [0.5, 0.6) is 0 Å². The molecule has 11 heavy (non-hydrogen) atoms. The fourth-order valence-corrected chi connectivity index (χ4v) is 1.70. The van der Waals surface area contributed by atoms with E-state index in [-0.39, 0.29) is 0 Å². The number of imidazole rings is 1. The van der Waals surface area contributed by atoms with E-state index in [1.165, 1.54) is 18.7 Å². The summed E-state index contributed by atoms with van der Waals surface area (Å²) in [5.41, 5.74) is 1.12. The van der Waals surface area contributed by atoms with Gasteiger partial charge in [-0.2, -0.15) is 12.6 Å². The van der Waals surface area contributed by atoms with E-state index in [9.17, 15) is 0 Å². The maximum atomic E-state index is 4.46. The summed E-state index contributed by atoms with van der Waals surface area (Å²) in [6.07, 6.45) is 5.87. The molecule has 1 aliphatic heterocycles. The average molecular weight is 168 g/mol. The van der Waals surface area contributed by atoms with Crippen molar-refractivity contribution < 1.29 is 0 Å². The smallest absolute Gasteiger partial charge is 0.108 e. The first kappa shape index (κ1) is 7.22. The molecule has 2 heterocycles. The number of hydrogen-bond acceptors (Lipinski definition) is 2. The summed E-state index contributed by atoms with van der Waals surface area (Å²) < 4.78 is 2.26. The highest BCUT2D eigenvalue weighted by atomic mass is 32.1. The van der Waals surface area contributed by atoms with E-state index in [0.29, 0.717) is 0 Å². The van der Waals surface area contributed by atoms with E-state index >= 15 is 0 Å². The number of fused-ring (bicyclic) bond motifs is 1. The van der Waals surface area contributed by atoms with Gasteiger partial charge in [0.2, 0.25) is 0 Å². The monoisotopic (exact) mass is 168 g/mol. The highest BCUT2D eigenvalue weighted by Gasteiger charge is 2.10. The predicted octanol–water partition coefficient (Wildman–Crippen LogP) is 1.65. The molecule has 0 fully saturated rings. The van der Waals surface area contributed by atoms with Crippen molar-refractivity contribution in [3.63, 3.8) is 0 Å². The molecule has 0 N–H and O–H groups in total. The largest absolute Gasteiger partial charge is 0.335 e. The van der Waals surface area contributed by atoms with Crippen LogP contribution in [0.3, 0.4) is 0 Å². The van der Waals surface area contributed by atoms with Crippen LogP contribution in [0.15, 0.2) is 6.20 Å². The lowest BCUT2D eigenvalue weighted by Gasteiger charge is -2.11. The van der Waals surface area contributed by atoms with Crippen LogP contribution in [0.25, 0.3) is 0 Å². The lowest BCUT2D eigenvalue weighted by atomic mass is 10.2. The minimum atomic E-state index is 0.764. The standard InChI is InChI=1S/C8H12N2S/c11-6-7-5-10-4-2-1-3-8(10)9-7/h5,11H,1-4,6H2. The van der Waals surface area contributed by atoms with Crippen molar-refractivity contribution >= 4 is 12.6 Å². The Bertz CT molecular complexity index is 231. The van der Waals surface area contributed by atoms with Crippen LogP contribution in [0, 0.1) is 0 Å². The highest BCUT2D eigenvalue weighted by molar-refractivity contribution is 7.79. The van der Waals surface area contributed by atoms with Gasteiger partial charge in [0.1, 0.15) is 5.82 Å². The summed E-state index contributed by atoms with van der Waals surface area (Å²) in [4.78, 5) is 4.46. The molecule has 0 saturated heterocycles. The van der Waals surface area contributed by atoms with Gasteiger partial charge in [0, 0.05) is 24.9 Å². The Kier molecular flexibility index (Phi) is 1.90. The molecule has 1 aliphatic rings. The highest BCUT2D eigenvalue weighted by Crippen LogP contribution is 2.14. The topological polar surface area (TPSA) is 17.8 Å². The summed E-state index contributed by atoms with van der Waals surface area (Å²) >= 11 is 4.19. The molecule has 0 bridgehead atoms. The summed E-state index contributed by atoms with van der Waals surface area (Å²) in [7, 11) is 0. The first-order valence-corrected chi connectivity index (χ1v) is 4.69. The quantitative estimate of drug-likeness (QED) is 0.631. The van der Waals surface area contributed by atoms with Crippen molar-refractivity contribution in [3.05, 3.63) is 17.7 Å². The lowest BCUT2D eigenvalue weighted by Crippen LogP contribution is -2.08. The fourth-order valence-electron chi connectivity index (χ4n) is 1.55. The van der Waals surface area contributed by atoms with E-state index in [4.69, 9.17) is 0 Å². The van der Waals surface area contributed by atoms with E-state index < -0.39 is 0 Å². The van der Waals surface area contributed by atoms with Gasteiger partial charge < -0.3 is 4.57 Å². The fraction of sp³-hybridized carbons (Fsp3) is 0.625. The average Bonchev–Trinajstić information content (AvgIpc) is 2.46. The zero-order valence-corrected chi connectivity index (χ0v) is 7.35. The van der Waals surface area contributed by atoms with E-state index in [2.05, 4.69) is 28.4 Å². The molecule has 60 valence electrons. The zero-order valence-electron chi connectivity index (χ0n) is 6.45. The van der Waals surface area contributed by atoms with Gasteiger partial charge in [-0.05, 0) is 12.8 Å². The third-order valence-electron chi connectivity index (χ3n) is 2.12. The normalized spacial score (nSPS) is 16.5. The van der Waals surface area contributed by atoms with Crippen LogP contribution < -0.4 is 0 Å². The minimum absolute atomic E-state index is 0.764. The zero-order chi connectivity index (χ0) is 7.68. The number of aromatic nitrogens is 2. The SMILES string of the molecule is SCc1cn2c(n1)CCCC2. The molecule has 2 nitrogen and oxygen atoms in total. The van der Waals surface area contributed by atoms with E-state index in [0.717, 1.165) is 24.4 Å². The maximum absolute atomic E-state index is 4.46. The molecule has 1 aromatic rings. The van der Waals surface area contributed by atoms with Gasteiger partial charge in [-0.3, -0.25) is 0 Å². The number of thiol groups is 1. The molecular weight excluding hydrogens is 156 g/mol. The van der Waals surface area contributed by atoms with Crippen molar-refractivity contribution in [3.8, 4) is 0 Å². The number of aryl methyl sites for hydroxylation is 2. The van der Waals surface area contributed by atoms with Gasteiger partial charge >= 0.3 is 0 Å². The van der Waals surface area contributed by atoms with Gasteiger partial charge in [0.05, 0.1) is 5.69 Å². The Labute approximate surface area is 72.0 Å². The first-order valence-electron chi connectivity index (χ1n) is 4.06. The third kappa shape index (κ3) is 1.29. The predicted molar refractivity (Wildman–Crippen MR) is 47.9 cm³/mol. The second-order valence-electron chi connectivity index (χ2n) is 2.96. The van der Waals surface area contributed by atoms with Crippen LogP contribution in [0.2, 0.25) is 0 Å². The molecule has 0 aromatic carbocycles. The van der Waals surface area contributed by atoms with Gasteiger partial charge in [-0.25, -0.2) is 4.98 Å². The van der Waals surface area contributed by atoms with E-state index in [1.54, 1.807) is 0 Å². The molecule has 0 amide bonds. The molecule has 0 atom stereocenters. The summed E-state index contributed by atoms with van der Waals surface area (Å²) in [6, 6.07) is 0. The molecule has 3 heteroatoms. The molecule has 1 aromatic heterocycles. The molecule has 0 aliphatic carbocycles. The Morgan fingerprint density at radius 2 is 2.45 bits per heavy atom.